The van der Waals surface area contributed by atoms with Crippen LogP contribution in [-0.2, 0) is 0 Å². The topological polar surface area (TPSA) is 30.3 Å². The number of hydrogen-bond acceptors (Lipinski definition) is 3. The molecule has 1 saturated carbocycles. The lowest BCUT2D eigenvalue weighted by molar-refractivity contribution is 0.0627. The van der Waals surface area contributed by atoms with E-state index in [-0.39, 0.29) is 5.92 Å². The molecule has 1 saturated heterocycles. The second kappa shape index (κ2) is 6.45. The second-order valence-electron chi connectivity index (χ2n) is 7.87. The standard InChI is InChI=1S/C17H31N3/c1-17(2,3)15-7-6-14(13-18)16(12-15)20-9-5-8-19(4)10-11-20/h14-16H,5-12H2,1-4H3. The van der Waals surface area contributed by atoms with Gasteiger partial charge in [0, 0.05) is 19.1 Å². The summed E-state index contributed by atoms with van der Waals surface area (Å²) in [5.74, 6) is 1.01. The molecule has 0 spiro atoms. The average Bonchev–Trinajstić information content (AvgIpc) is 2.61. The van der Waals surface area contributed by atoms with E-state index < -0.39 is 0 Å². The Balaban J connectivity index is 2.07. The van der Waals surface area contributed by atoms with Crippen LogP contribution in [0.1, 0.15) is 46.5 Å². The molecule has 3 atom stereocenters. The van der Waals surface area contributed by atoms with Gasteiger partial charge in [-0.05, 0) is 57.2 Å². The maximum Gasteiger partial charge on any atom is 0.0672 e. The van der Waals surface area contributed by atoms with Crippen LogP contribution in [0, 0.1) is 28.6 Å². The molecule has 0 aromatic rings. The third kappa shape index (κ3) is 3.74. The molecule has 1 aliphatic heterocycles. The van der Waals surface area contributed by atoms with Crippen LogP contribution in [0.15, 0.2) is 0 Å². The molecule has 1 heterocycles. The molecule has 0 aromatic carbocycles. The summed E-state index contributed by atoms with van der Waals surface area (Å²) in [4.78, 5) is 5.04. The minimum Gasteiger partial charge on any atom is -0.305 e. The predicted molar refractivity (Wildman–Crippen MR) is 83.4 cm³/mol. The summed E-state index contributed by atoms with van der Waals surface area (Å²) in [6.45, 7) is 11.7. The summed E-state index contributed by atoms with van der Waals surface area (Å²) in [5.41, 5.74) is 0.376. The fourth-order valence-corrected chi connectivity index (χ4v) is 3.89. The van der Waals surface area contributed by atoms with E-state index >= 15 is 0 Å². The third-order valence-electron chi connectivity index (χ3n) is 5.43. The van der Waals surface area contributed by atoms with E-state index in [1.165, 1.54) is 32.4 Å². The number of hydrogen-bond donors (Lipinski definition) is 0. The number of nitriles is 1. The first-order valence-electron chi connectivity index (χ1n) is 8.24. The maximum absolute atomic E-state index is 9.52. The van der Waals surface area contributed by atoms with Crippen LogP contribution in [-0.4, -0.2) is 49.1 Å². The Morgan fingerprint density at radius 3 is 2.45 bits per heavy atom. The largest absolute Gasteiger partial charge is 0.305 e. The predicted octanol–water partition coefficient (Wildman–Crippen LogP) is 2.98. The molecule has 20 heavy (non-hydrogen) atoms. The van der Waals surface area contributed by atoms with Crippen molar-refractivity contribution in [1.29, 1.82) is 5.26 Å². The van der Waals surface area contributed by atoms with Gasteiger partial charge in [-0.1, -0.05) is 20.8 Å². The van der Waals surface area contributed by atoms with Crippen LogP contribution in [0.5, 0.6) is 0 Å². The Kier molecular flexibility index (Phi) is 5.09. The van der Waals surface area contributed by atoms with E-state index in [9.17, 15) is 5.26 Å². The highest BCUT2D eigenvalue weighted by Crippen LogP contribution is 2.41. The van der Waals surface area contributed by atoms with Crippen molar-refractivity contribution in [3.8, 4) is 6.07 Å². The van der Waals surface area contributed by atoms with Crippen molar-refractivity contribution in [2.45, 2.75) is 52.5 Å². The van der Waals surface area contributed by atoms with Gasteiger partial charge in [-0.25, -0.2) is 0 Å². The molecule has 114 valence electrons. The zero-order chi connectivity index (χ0) is 14.8. The van der Waals surface area contributed by atoms with Gasteiger partial charge in [0.05, 0.1) is 12.0 Å². The monoisotopic (exact) mass is 277 g/mol. The minimum absolute atomic E-state index is 0.247. The van der Waals surface area contributed by atoms with Crippen LogP contribution < -0.4 is 0 Å². The number of rotatable bonds is 1. The molecule has 1 aliphatic carbocycles. The summed E-state index contributed by atoms with van der Waals surface area (Å²) < 4.78 is 0. The minimum atomic E-state index is 0.247. The third-order valence-corrected chi connectivity index (χ3v) is 5.43. The molecular weight excluding hydrogens is 246 g/mol. The summed E-state index contributed by atoms with van der Waals surface area (Å²) >= 11 is 0. The van der Waals surface area contributed by atoms with Gasteiger partial charge in [-0.3, -0.25) is 4.90 Å². The van der Waals surface area contributed by atoms with Crippen molar-refractivity contribution in [1.82, 2.24) is 9.80 Å². The molecule has 3 heteroatoms. The average molecular weight is 277 g/mol. The van der Waals surface area contributed by atoms with E-state index in [4.69, 9.17) is 0 Å². The first kappa shape index (κ1) is 15.8. The van der Waals surface area contributed by atoms with Gasteiger partial charge in [-0.15, -0.1) is 0 Å². The highest BCUT2D eigenvalue weighted by Gasteiger charge is 2.38. The molecule has 0 amide bonds. The fourth-order valence-electron chi connectivity index (χ4n) is 3.89. The summed E-state index contributed by atoms with van der Waals surface area (Å²) in [7, 11) is 2.21. The van der Waals surface area contributed by atoms with Crippen molar-refractivity contribution in [3.63, 3.8) is 0 Å². The maximum atomic E-state index is 9.52. The Hall–Kier alpha value is -0.590. The summed E-state index contributed by atoms with van der Waals surface area (Å²) in [6, 6.07) is 3.09. The van der Waals surface area contributed by atoms with Gasteiger partial charge < -0.3 is 4.90 Å². The first-order chi connectivity index (χ1) is 9.41. The first-order valence-corrected chi connectivity index (χ1v) is 8.24. The molecule has 2 fully saturated rings. The van der Waals surface area contributed by atoms with Crippen molar-refractivity contribution in [2.75, 3.05) is 33.2 Å². The van der Waals surface area contributed by atoms with Crippen LogP contribution in [0.4, 0.5) is 0 Å². The molecule has 2 aliphatic rings. The van der Waals surface area contributed by atoms with Crippen LogP contribution in [0.2, 0.25) is 0 Å². The second-order valence-corrected chi connectivity index (χ2v) is 7.87. The summed E-state index contributed by atoms with van der Waals surface area (Å²) in [6.07, 6.45) is 4.78. The lowest BCUT2D eigenvalue weighted by Crippen LogP contribution is -2.47. The van der Waals surface area contributed by atoms with Gasteiger partial charge >= 0.3 is 0 Å². The van der Waals surface area contributed by atoms with Gasteiger partial charge in [0.25, 0.3) is 0 Å². The number of nitrogens with zero attached hydrogens (tertiary/aromatic N) is 3. The van der Waals surface area contributed by atoms with Gasteiger partial charge in [-0.2, -0.15) is 5.26 Å². The molecule has 0 aromatic heterocycles. The van der Waals surface area contributed by atoms with Crippen LogP contribution in [0.25, 0.3) is 0 Å². The van der Waals surface area contributed by atoms with E-state index in [1.807, 2.05) is 0 Å². The van der Waals surface area contributed by atoms with Crippen LogP contribution in [0.3, 0.4) is 0 Å². The van der Waals surface area contributed by atoms with Gasteiger partial charge in [0.1, 0.15) is 0 Å². The highest BCUT2D eigenvalue weighted by molar-refractivity contribution is 4.99. The molecule has 3 nitrogen and oxygen atoms in total. The van der Waals surface area contributed by atoms with E-state index in [2.05, 4.69) is 43.7 Å². The molecule has 3 unspecified atom stereocenters. The SMILES string of the molecule is CN1CCCN(C2CC(C(C)(C)C)CCC2C#N)CC1. The molecular formula is C17H31N3. The normalized spacial score (nSPS) is 34.5. The highest BCUT2D eigenvalue weighted by atomic mass is 15.2. The quantitative estimate of drug-likeness (QED) is 0.738. The molecule has 0 bridgehead atoms. The van der Waals surface area contributed by atoms with E-state index in [0.29, 0.717) is 11.5 Å². The van der Waals surface area contributed by atoms with Crippen molar-refractivity contribution < 1.29 is 0 Å². The molecule has 0 N–H and O–H groups in total. The van der Waals surface area contributed by atoms with Crippen molar-refractivity contribution >= 4 is 0 Å². The van der Waals surface area contributed by atoms with Crippen LogP contribution >= 0.6 is 0 Å². The van der Waals surface area contributed by atoms with Gasteiger partial charge in [0.15, 0.2) is 0 Å². The fraction of sp³-hybridized carbons (Fsp3) is 0.941. The molecule has 0 radical (unpaired) electrons. The van der Waals surface area contributed by atoms with Crippen molar-refractivity contribution in [2.24, 2.45) is 17.3 Å². The Morgan fingerprint density at radius 1 is 1.05 bits per heavy atom. The lowest BCUT2D eigenvalue weighted by Gasteiger charge is -2.44. The zero-order valence-corrected chi connectivity index (χ0v) is 13.7. The van der Waals surface area contributed by atoms with E-state index in [1.54, 1.807) is 0 Å². The lowest BCUT2D eigenvalue weighted by atomic mass is 9.68. The van der Waals surface area contributed by atoms with Crippen molar-refractivity contribution in [3.05, 3.63) is 0 Å². The van der Waals surface area contributed by atoms with Gasteiger partial charge in [0.2, 0.25) is 0 Å². The summed E-state index contributed by atoms with van der Waals surface area (Å²) in [5, 5.41) is 9.52. The number of likely N-dealkylation sites (N-methyl/N-ethyl adjacent to an activating group) is 1. The Bertz CT molecular complexity index is 352. The Labute approximate surface area is 124 Å². The Morgan fingerprint density at radius 2 is 1.80 bits per heavy atom. The smallest absolute Gasteiger partial charge is 0.0672 e. The molecule has 2 rings (SSSR count). The zero-order valence-electron chi connectivity index (χ0n) is 13.7. The van der Waals surface area contributed by atoms with E-state index in [0.717, 1.165) is 25.4 Å².